The van der Waals surface area contributed by atoms with Crippen LogP contribution in [0.25, 0.3) is 0 Å². The highest BCUT2D eigenvalue weighted by atomic mass is 16.5. The van der Waals surface area contributed by atoms with Crippen LogP contribution in [0.1, 0.15) is 46.0 Å². The second kappa shape index (κ2) is 6.82. The first-order valence-corrected chi connectivity index (χ1v) is 5.38. The number of likely N-dealkylation sites (N-methyl/N-ethyl adjacent to an activating group) is 1. The molecular formula is C11H23NO2. The molecule has 0 radical (unpaired) electrons. The summed E-state index contributed by atoms with van der Waals surface area (Å²) in [4.78, 5) is 11.4. The van der Waals surface area contributed by atoms with Crippen LogP contribution in [-0.2, 0) is 9.53 Å². The number of hydrogen-bond donors (Lipinski definition) is 1. The molecule has 0 aliphatic heterocycles. The summed E-state index contributed by atoms with van der Waals surface area (Å²) >= 11 is 0. The van der Waals surface area contributed by atoms with Crippen molar-refractivity contribution in [3.63, 3.8) is 0 Å². The van der Waals surface area contributed by atoms with E-state index in [1.54, 1.807) is 7.05 Å². The number of esters is 1. The minimum Gasteiger partial charge on any atom is -0.468 e. The van der Waals surface area contributed by atoms with E-state index < -0.39 is 5.54 Å². The summed E-state index contributed by atoms with van der Waals surface area (Å²) in [5, 5.41) is 3.03. The van der Waals surface area contributed by atoms with E-state index in [-0.39, 0.29) is 5.97 Å². The Morgan fingerprint density at radius 2 is 2.00 bits per heavy atom. The zero-order chi connectivity index (χ0) is 11.0. The van der Waals surface area contributed by atoms with Crippen LogP contribution in [0.3, 0.4) is 0 Å². The Bertz CT molecular complexity index is 171. The first-order chi connectivity index (χ1) is 6.60. The molecule has 0 spiro atoms. The third-order valence-electron chi connectivity index (χ3n) is 2.72. The lowest BCUT2D eigenvalue weighted by molar-refractivity contribution is -0.148. The van der Waals surface area contributed by atoms with Gasteiger partial charge in [0.05, 0.1) is 7.11 Å². The molecule has 0 aromatic heterocycles. The molecule has 1 atom stereocenters. The van der Waals surface area contributed by atoms with Crippen LogP contribution in [0.4, 0.5) is 0 Å². The van der Waals surface area contributed by atoms with Gasteiger partial charge in [-0.15, -0.1) is 0 Å². The smallest absolute Gasteiger partial charge is 0.325 e. The van der Waals surface area contributed by atoms with Gasteiger partial charge < -0.3 is 10.1 Å². The molecule has 0 fully saturated rings. The van der Waals surface area contributed by atoms with E-state index in [0.717, 1.165) is 12.8 Å². The van der Waals surface area contributed by atoms with Gasteiger partial charge in [-0.2, -0.15) is 0 Å². The zero-order valence-corrected chi connectivity index (χ0v) is 9.85. The van der Waals surface area contributed by atoms with Crippen molar-refractivity contribution >= 4 is 5.97 Å². The number of rotatable bonds is 7. The topological polar surface area (TPSA) is 38.3 Å². The van der Waals surface area contributed by atoms with Gasteiger partial charge in [-0.1, -0.05) is 32.6 Å². The van der Waals surface area contributed by atoms with Gasteiger partial charge in [0, 0.05) is 0 Å². The second-order valence-electron chi connectivity index (χ2n) is 3.88. The van der Waals surface area contributed by atoms with E-state index in [2.05, 4.69) is 12.2 Å². The highest BCUT2D eigenvalue weighted by Crippen LogP contribution is 2.16. The molecule has 3 heteroatoms. The van der Waals surface area contributed by atoms with Crippen molar-refractivity contribution < 1.29 is 9.53 Å². The van der Waals surface area contributed by atoms with Crippen LogP contribution in [-0.4, -0.2) is 25.7 Å². The molecule has 0 bridgehead atoms. The first kappa shape index (κ1) is 13.4. The van der Waals surface area contributed by atoms with Gasteiger partial charge in [0.1, 0.15) is 5.54 Å². The highest BCUT2D eigenvalue weighted by molar-refractivity contribution is 5.80. The monoisotopic (exact) mass is 201 g/mol. The van der Waals surface area contributed by atoms with E-state index in [0.29, 0.717) is 0 Å². The molecule has 0 amide bonds. The summed E-state index contributed by atoms with van der Waals surface area (Å²) in [5.74, 6) is -0.170. The first-order valence-electron chi connectivity index (χ1n) is 5.38. The summed E-state index contributed by atoms with van der Waals surface area (Å²) in [6, 6.07) is 0. The maximum absolute atomic E-state index is 11.4. The third-order valence-corrected chi connectivity index (χ3v) is 2.72. The molecule has 3 nitrogen and oxygen atoms in total. The summed E-state index contributed by atoms with van der Waals surface area (Å²) in [6.45, 7) is 4.07. The van der Waals surface area contributed by atoms with E-state index in [4.69, 9.17) is 4.74 Å². The van der Waals surface area contributed by atoms with Gasteiger partial charge in [-0.3, -0.25) is 4.79 Å². The van der Waals surface area contributed by atoms with Crippen LogP contribution in [0, 0.1) is 0 Å². The normalized spacial score (nSPS) is 14.9. The van der Waals surface area contributed by atoms with E-state index in [1.165, 1.54) is 26.4 Å². The highest BCUT2D eigenvalue weighted by Gasteiger charge is 2.31. The van der Waals surface area contributed by atoms with Crippen LogP contribution in [0.2, 0.25) is 0 Å². The summed E-state index contributed by atoms with van der Waals surface area (Å²) in [7, 11) is 3.24. The van der Waals surface area contributed by atoms with Crippen LogP contribution < -0.4 is 5.32 Å². The fourth-order valence-corrected chi connectivity index (χ4v) is 1.46. The lowest BCUT2D eigenvalue weighted by Gasteiger charge is -2.25. The molecular weight excluding hydrogens is 178 g/mol. The molecule has 0 rings (SSSR count). The van der Waals surface area contributed by atoms with Crippen molar-refractivity contribution in [3.05, 3.63) is 0 Å². The van der Waals surface area contributed by atoms with Crippen molar-refractivity contribution in [2.24, 2.45) is 0 Å². The van der Waals surface area contributed by atoms with Gasteiger partial charge in [0.15, 0.2) is 0 Å². The maximum atomic E-state index is 11.4. The van der Waals surface area contributed by atoms with Crippen molar-refractivity contribution in [1.29, 1.82) is 0 Å². The van der Waals surface area contributed by atoms with Gasteiger partial charge in [-0.25, -0.2) is 0 Å². The summed E-state index contributed by atoms with van der Waals surface area (Å²) in [6.07, 6.45) is 5.55. The fourth-order valence-electron chi connectivity index (χ4n) is 1.46. The van der Waals surface area contributed by atoms with Gasteiger partial charge in [0.25, 0.3) is 0 Å². The second-order valence-corrected chi connectivity index (χ2v) is 3.88. The van der Waals surface area contributed by atoms with E-state index in [9.17, 15) is 4.79 Å². The van der Waals surface area contributed by atoms with Crippen molar-refractivity contribution in [1.82, 2.24) is 5.32 Å². The number of unbranched alkanes of at least 4 members (excludes halogenated alkanes) is 3. The van der Waals surface area contributed by atoms with Crippen molar-refractivity contribution in [2.45, 2.75) is 51.5 Å². The number of carbonyl (C=O) groups is 1. The van der Waals surface area contributed by atoms with Crippen LogP contribution >= 0.6 is 0 Å². The van der Waals surface area contributed by atoms with Crippen LogP contribution in [0.15, 0.2) is 0 Å². The molecule has 1 N–H and O–H groups in total. The lowest BCUT2D eigenvalue weighted by Crippen LogP contribution is -2.48. The molecule has 0 aromatic rings. The largest absolute Gasteiger partial charge is 0.468 e. The predicted molar refractivity (Wildman–Crippen MR) is 58.2 cm³/mol. The Hall–Kier alpha value is -0.570. The SMILES string of the molecule is CCCCCCC(C)(NC)C(=O)OC. The Balaban J connectivity index is 3.93. The molecule has 0 aliphatic carbocycles. The number of nitrogens with one attached hydrogen (secondary N) is 1. The van der Waals surface area contributed by atoms with Gasteiger partial charge in [0.2, 0.25) is 0 Å². The van der Waals surface area contributed by atoms with Crippen molar-refractivity contribution in [2.75, 3.05) is 14.2 Å². The molecule has 0 heterocycles. The molecule has 0 saturated carbocycles. The maximum Gasteiger partial charge on any atom is 0.325 e. The molecule has 14 heavy (non-hydrogen) atoms. The average molecular weight is 201 g/mol. The minimum atomic E-state index is -0.511. The molecule has 84 valence electrons. The number of hydrogen-bond acceptors (Lipinski definition) is 3. The Kier molecular flexibility index (Phi) is 6.54. The standard InChI is InChI=1S/C11H23NO2/c1-5-6-7-8-9-11(2,12-3)10(13)14-4/h12H,5-9H2,1-4H3. The molecule has 0 saturated heterocycles. The van der Waals surface area contributed by atoms with Gasteiger partial charge >= 0.3 is 5.97 Å². The van der Waals surface area contributed by atoms with E-state index in [1.807, 2.05) is 6.92 Å². The Labute approximate surface area is 87.2 Å². The molecule has 0 aliphatic rings. The zero-order valence-electron chi connectivity index (χ0n) is 9.85. The minimum absolute atomic E-state index is 0.170. The van der Waals surface area contributed by atoms with Crippen LogP contribution in [0.5, 0.6) is 0 Å². The number of methoxy groups -OCH3 is 1. The predicted octanol–water partition coefficient (Wildman–Crippen LogP) is 2.11. The average Bonchev–Trinajstić information content (AvgIpc) is 2.22. The van der Waals surface area contributed by atoms with E-state index >= 15 is 0 Å². The molecule has 0 aromatic carbocycles. The summed E-state index contributed by atoms with van der Waals surface area (Å²) in [5.41, 5.74) is -0.511. The van der Waals surface area contributed by atoms with Crippen molar-refractivity contribution in [3.8, 4) is 0 Å². The Morgan fingerprint density at radius 1 is 1.36 bits per heavy atom. The quantitative estimate of drug-likeness (QED) is 0.506. The van der Waals surface area contributed by atoms with Gasteiger partial charge in [-0.05, 0) is 20.4 Å². The lowest BCUT2D eigenvalue weighted by atomic mass is 9.94. The summed E-state index contributed by atoms with van der Waals surface area (Å²) < 4.78 is 4.76. The number of ether oxygens (including phenoxy) is 1. The third kappa shape index (κ3) is 4.09. The number of carbonyl (C=O) groups excluding carboxylic acids is 1. The molecule has 1 unspecified atom stereocenters. The fraction of sp³-hybridized carbons (Fsp3) is 0.909. The Morgan fingerprint density at radius 3 is 2.43 bits per heavy atom.